The van der Waals surface area contributed by atoms with Crippen molar-refractivity contribution >= 4 is 45.1 Å². The van der Waals surface area contributed by atoms with E-state index in [1.54, 1.807) is 25.4 Å². The van der Waals surface area contributed by atoms with Crippen LogP contribution in [0.1, 0.15) is 12.5 Å². The minimum absolute atomic E-state index is 0.0206. The van der Waals surface area contributed by atoms with Gasteiger partial charge in [0.25, 0.3) is 10.9 Å². The maximum atomic E-state index is 12.7. The van der Waals surface area contributed by atoms with Crippen LogP contribution in [0.5, 0.6) is 0 Å². The van der Waals surface area contributed by atoms with Gasteiger partial charge in [-0.05, 0) is 55.5 Å². The first-order valence-corrected chi connectivity index (χ1v) is 9.77. The molecule has 1 aromatic heterocycles. The van der Waals surface area contributed by atoms with Crippen LogP contribution in [0.4, 0.5) is 41.6 Å². The summed E-state index contributed by atoms with van der Waals surface area (Å²) in [4.78, 5) is 27.3. The van der Waals surface area contributed by atoms with E-state index < -0.39 is 22.6 Å². The highest BCUT2D eigenvalue weighted by Gasteiger charge is 2.30. The van der Waals surface area contributed by atoms with Crippen molar-refractivity contribution in [2.45, 2.75) is 13.1 Å². The molecule has 168 valence electrons. The first kappa shape index (κ1) is 21.9. The number of aromatic amines is 1. The second kappa shape index (κ2) is 8.30. The number of anilines is 5. The average Bonchev–Trinajstić information content (AvgIpc) is 3.17. The smallest absolute Gasteiger partial charge is 0.362 e. The van der Waals surface area contributed by atoms with E-state index >= 15 is 0 Å². The lowest BCUT2D eigenvalue weighted by atomic mass is 10.1. The van der Waals surface area contributed by atoms with E-state index in [0.717, 1.165) is 28.7 Å². The highest BCUT2D eigenvalue weighted by atomic mass is 19.4. The molecular weight excluding hydrogens is 435 g/mol. The topological polar surface area (TPSA) is 110 Å². The maximum Gasteiger partial charge on any atom is 0.416 e. The SMILES string of the molecule is CC(=N)/C=C\Nc1ccc2[nH]cc(Nc3c(Nc4ccc(C(F)(F)F)cc4)c(=O)c3=O)c2c1. The molecule has 0 unspecified atom stereocenters. The number of benzene rings is 2. The molecule has 0 bridgehead atoms. The van der Waals surface area contributed by atoms with Crippen LogP contribution in [-0.4, -0.2) is 10.7 Å². The zero-order valence-corrected chi connectivity index (χ0v) is 17.2. The number of aromatic nitrogens is 1. The minimum Gasteiger partial charge on any atom is -0.362 e. The monoisotopic (exact) mass is 453 g/mol. The summed E-state index contributed by atoms with van der Waals surface area (Å²) in [5.41, 5.74) is 0.420. The largest absolute Gasteiger partial charge is 0.416 e. The zero-order valence-electron chi connectivity index (χ0n) is 17.2. The van der Waals surface area contributed by atoms with E-state index in [2.05, 4.69) is 20.9 Å². The molecule has 0 spiro atoms. The minimum atomic E-state index is -4.47. The van der Waals surface area contributed by atoms with E-state index in [1.165, 1.54) is 12.1 Å². The molecule has 0 aliphatic rings. The number of allylic oxidation sites excluding steroid dienone is 1. The van der Waals surface area contributed by atoms with Crippen LogP contribution >= 0.6 is 0 Å². The van der Waals surface area contributed by atoms with Gasteiger partial charge in [-0.2, -0.15) is 13.2 Å². The summed E-state index contributed by atoms with van der Waals surface area (Å²) in [6.07, 6.45) is 0.407. The molecule has 0 saturated carbocycles. The van der Waals surface area contributed by atoms with Gasteiger partial charge in [-0.3, -0.25) is 9.59 Å². The summed E-state index contributed by atoms with van der Waals surface area (Å²) in [6, 6.07) is 9.66. The van der Waals surface area contributed by atoms with Crippen molar-refractivity contribution in [2.75, 3.05) is 16.0 Å². The lowest BCUT2D eigenvalue weighted by Crippen LogP contribution is -2.35. The number of halogens is 3. The molecule has 0 aliphatic carbocycles. The molecule has 5 N–H and O–H groups in total. The van der Waals surface area contributed by atoms with Crippen molar-refractivity contribution in [3.63, 3.8) is 0 Å². The molecule has 7 nitrogen and oxygen atoms in total. The molecule has 33 heavy (non-hydrogen) atoms. The summed E-state index contributed by atoms with van der Waals surface area (Å²) < 4.78 is 38.2. The standard InChI is InChI=1S/C23H18F3N5O2/c1-12(27)8-9-28-15-6-7-17-16(10-15)18(11-29-17)31-20-19(21(32)22(20)33)30-14-4-2-13(3-5-14)23(24,25)26/h2-11,27-31H,1H3/b9-8-,27-12?. The van der Waals surface area contributed by atoms with Gasteiger partial charge in [0.05, 0.1) is 11.3 Å². The van der Waals surface area contributed by atoms with Crippen molar-refractivity contribution in [1.29, 1.82) is 5.41 Å². The fourth-order valence-corrected chi connectivity index (χ4v) is 3.23. The molecule has 0 amide bonds. The fourth-order valence-electron chi connectivity index (χ4n) is 3.23. The summed E-state index contributed by atoms with van der Waals surface area (Å²) in [7, 11) is 0. The Morgan fingerprint density at radius 1 is 0.970 bits per heavy atom. The zero-order chi connectivity index (χ0) is 23.8. The van der Waals surface area contributed by atoms with Gasteiger partial charge in [-0.1, -0.05) is 0 Å². The molecule has 0 aliphatic heterocycles. The third-order valence-electron chi connectivity index (χ3n) is 4.92. The Morgan fingerprint density at radius 3 is 2.24 bits per heavy atom. The van der Waals surface area contributed by atoms with Gasteiger partial charge < -0.3 is 26.3 Å². The molecule has 10 heteroatoms. The Labute approximate surface area is 185 Å². The van der Waals surface area contributed by atoms with Crippen molar-refractivity contribution in [2.24, 2.45) is 0 Å². The summed E-state index contributed by atoms with van der Waals surface area (Å²) in [6.45, 7) is 1.65. The molecule has 4 rings (SSSR count). The number of nitrogens with one attached hydrogen (secondary N) is 5. The van der Waals surface area contributed by atoms with E-state index in [4.69, 9.17) is 5.41 Å². The Hall–Kier alpha value is -4.34. The van der Waals surface area contributed by atoms with Crippen LogP contribution in [0, 0.1) is 5.41 Å². The van der Waals surface area contributed by atoms with Gasteiger partial charge in [0.2, 0.25) is 0 Å². The van der Waals surface area contributed by atoms with Gasteiger partial charge >= 0.3 is 6.18 Å². The van der Waals surface area contributed by atoms with Gasteiger partial charge in [0.15, 0.2) is 0 Å². The maximum absolute atomic E-state index is 12.7. The predicted molar refractivity (Wildman–Crippen MR) is 124 cm³/mol. The molecule has 3 aromatic carbocycles. The number of H-pyrrole nitrogens is 1. The second-order valence-electron chi connectivity index (χ2n) is 7.36. The van der Waals surface area contributed by atoms with Crippen LogP contribution in [0.3, 0.4) is 0 Å². The first-order valence-electron chi connectivity index (χ1n) is 9.77. The highest BCUT2D eigenvalue weighted by Crippen LogP contribution is 2.33. The number of hydrogen-bond donors (Lipinski definition) is 5. The van der Waals surface area contributed by atoms with Gasteiger partial charge in [-0.15, -0.1) is 0 Å². The van der Waals surface area contributed by atoms with E-state index in [9.17, 15) is 22.8 Å². The van der Waals surface area contributed by atoms with Gasteiger partial charge in [-0.25, -0.2) is 0 Å². The summed E-state index contributed by atoms with van der Waals surface area (Å²) >= 11 is 0. The van der Waals surface area contributed by atoms with Gasteiger partial charge in [0, 0.05) is 40.4 Å². The molecular formula is C23H18F3N5O2. The Kier molecular flexibility index (Phi) is 5.50. The number of rotatable bonds is 7. The molecule has 0 saturated heterocycles. The second-order valence-corrected chi connectivity index (χ2v) is 7.36. The average molecular weight is 453 g/mol. The normalized spacial score (nSPS) is 11.9. The lowest BCUT2D eigenvalue weighted by molar-refractivity contribution is -0.137. The van der Waals surface area contributed by atoms with Crippen LogP contribution in [0.15, 0.2) is 70.5 Å². The lowest BCUT2D eigenvalue weighted by Gasteiger charge is -2.15. The van der Waals surface area contributed by atoms with Crippen molar-refractivity contribution < 1.29 is 13.2 Å². The Morgan fingerprint density at radius 2 is 1.61 bits per heavy atom. The number of alkyl halides is 3. The van der Waals surface area contributed by atoms with Crippen LogP contribution in [0.2, 0.25) is 0 Å². The van der Waals surface area contributed by atoms with Gasteiger partial charge in [0.1, 0.15) is 11.4 Å². The highest BCUT2D eigenvalue weighted by molar-refractivity contribution is 5.98. The van der Waals surface area contributed by atoms with Crippen molar-refractivity contribution in [3.8, 4) is 0 Å². The summed E-state index contributed by atoms with van der Waals surface area (Å²) in [5, 5.41) is 16.9. The molecule has 0 atom stereocenters. The van der Waals surface area contributed by atoms with Crippen LogP contribution in [-0.2, 0) is 6.18 Å². The quantitative estimate of drug-likeness (QED) is 0.194. The molecule has 0 radical (unpaired) electrons. The number of hydrogen-bond acceptors (Lipinski definition) is 6. The predicted octanol–water partition coefficient (Wildman–Crippen LogP) is 5.24. The first-order chi connectivity index (χ1) is 15.6. The molecule has 0 fully saturated rings. The molecule has 4 aromatic rings. The van der Waals surface area contributed by atoms with E-state index in [0.29, 0.717) is 11.4 Å². The third-order valence-corrected chi connectivity index (χ3v) is 4.92. The third kappa shape index (κ3) is 4.49. The van der Waals surface area contributed by atoms with Crippen LogP contribution in [0.25, 0.3) is 10.9 Å². The Bertz CT molecular complexity index is 1440. The van der Waals surface area contributed by atoms with Crippen molar-refractivity contribution in [1.82, 2.24) is 4.98 Å². The van der Waals surface area contributed by atoms with E-state index in [1.807, 2.05) is 18.2 Å². The van der Waals surface area contributed by atoms with Crippen LogP contribution < -0.4 is 26.8 Å². The fraction of sp³-hybridized carbons (Fsp3) is 0.0870. The molecule has 1 heterocycles. The summed E-state index contributed by atoms with van der Waals surface area (Å²) in [5.74, 6) is 0. The number of fused-ring (bicyclic) bond motifs is 1. The van der Waals surface area contributed by atoms with Crippen molar-refractivity contribution in [3.05, 3.63) is 86.9 Å². The Balaban J connectivity index is 1.58. The van der Waals surface area contributed by atoms with E-state index in [-0.39, 0.29) is 17.1 Å².